The van der Waals surface area contributed by atoms with E-state index in [1.807, 2.05) is 0 Å². The average molecular weight is 662 g/mol. The van der Waals surface area contributed by atoms with Crippen LogP contribution in [0.5, 0.6) is 5.75 Å². The third kappa shape index (κ3) is 24.1. The van der Waals surface area contributed by atoms with Crippen molar-refractivity contribution in [1.82, 2.24) is 0 Å². The summed E-state index contributed by atoms with van der Waals surface area (Å²) in [6.45, 7) is 6.94. The van der Waals surface area contributed by atoms with Crippen molar-refractivity contribution in [2.75, 3.05) is 25.1 Å². The fraction of sp³-hybridized carbons (Fsp3) is 0.769. The van der Waals surface area contributed by atoms with Crippen LogP contribution in [0.15, 0.2) is 18.2 Å². The molecule has 0 saturated carbocycles. The van der Waals surface area contributed by atoms with Gasteiger partial charge in [0.25, 0.3) is 0 Å². The second-order valence-corrected chi connectivity index (χ2v) is 12.7. The van der Waals surface area contributed by atoms with Crippen LogP contribution in [0, 0.1) is 0 Å². The van der Waals surface area contributed by atoms with Gasteiger partial charge in [0.2, 0.25) is 0 Å². The second kappa shape index (κ2) is 30.6. The van der Waals surface area contributed by atoms with Crippen LogP contribution in [-0.2, 0) is 14.2 Å². The number of carbonyl (C=O) groups excluding carboxylic acids is 3. The van der Waals surface area contributed by atoms with Gasteiger partial charge in [-0.2, -0.15) is 0 Å². The molecule has 8 heteroatoms. The number of nitrogens with one attached hydrogen (secondary N) is 1. The van der Waals surface area contributed by atoms with Gasteiger partial charge in [-0.1, -0.05) is 155 Å². The van der Waals surface area contributed by atoms with Crippen LogP contribution in [0.2, 0.25) is 0 Å². The number of unbranched alkanes of at least 4 members (excludes halogenated alkanes) is 22. The molecule has 1 N–H and O–H groups in total. The number of amides is 1. The van der Waals surface area contributed by atoms with Crippen LogP contribution in [0.4, 0.5) is 15.3 Å². The van der Waals surface area contributed by atoms with Gasteiger partial charge in [0.05, 0.1) is 19.8 Å². The minimum absolute atomic E-state index is 0.0399. The Morgan fingerprint density at radius 3 is 1.40 bits per heavy atom. The summed E-state index contributed by atoms with van der Waals surface area (Å²) < 4.78 is 21.1. The van der Waals surface area contributed by atoms with Crippen LogP contribution in [0.3, 0.4) is 0 Å². The first-order chi connectivity index (χ1) is 23.0. The number of rotatable bonds is 30. The first-order valence-electron chi connectivity index (χ1n) is 19.1. The van der Waals surface area contributed by atoms with Gasteiger partial charge in [0.1, 0.15) is 5.56 Å². The fourth-order valence-electron chi connectivity index (χ4n) is 5.54. The van der Waals surface area contributed by atoms with Crippen molar-refractivity contribution in [3.63, 3.8) is 0 Å². The van der Waals surface area contributed by atoms with E-state index in [0.717, 1.165) is 38.5 Å². The lowest BCUT2D eigenvalue weighted by atomic mass is 10.1. The van der Waals surface area contributed by atoms with Crippen LogP contribution in [0.1, 0.15) is 185 Å². The molecule has 1 amide bonds. The molecule has 0 spiro atoms. The average Bonchev–Trinajstić information content (AvgIpc) is 3.05. The SMILES string of the molecule is CCCCCCCCCCCCCCOC(=O)Nc1ccc(C(=O)OCC)c(OC(=O)OCCCCCCCCCCCCCC)c1. The second-order valence-electron chi connectivity index (χ2n) is 12.7. The van der Waals surface area contributed by atoms with Gasteiger partial charge in [0, 0.05) is 11.8 Å². The summed E-state index contributed by atoms with van der Waals surface area (Å²) in [7, 11) is 0. The third-order valence-corrected chi connectivity index (χ3v) is 8.37. The van der Waals surface area contributed by atoms with Crippen molar-refractivity contribution in [3.05, 3.63) is 23.8 Å². The summed E-state index contributed by atoms with van der Waals surface area (Å²) in [6, 6.07) is 4.40. The van der Waals surface area contributed by atoms with Crippen molar-refractivity contribution in [1.29, 1.82) is 0 Å². The largest absolute Gasteiger partial charge is 0.513 e. The molecule has 0 unspecified atom stereocenters. The van der Waals surface area contributed by atoms with Gasteiger partial charge in [-0.05, 0) is 31.9 Å². The molecular formula is C39H67NO7. The topological polar surface area (TPSA) is 100 Å². The Balaban J connectivity index is 2.31. The molecule has 1 aromatic carbocycles. The fourth-order valence-corrected chi connectivity index (χ4v) is 5.54. The predicted molar refractivity (Wildman–Crippen MR) is 192 cm³/mol. The van der Waals surface area contributed by atoms with E-state index in [1.165, 1.54) is 128 Å². The van der Waals surface area contributed by atoms with E-state index in [9.17, 15) is 14.4 Å². The summed E-state index contributed by atoms with van der Waals surface area (Å²) >= 11 is 0. The van der Waals surface area contributed by atoms with E-state index in [4.69, 9.17) is 18.9 Å². The van der Waals surface area contributed by atoms with Crippen LogP contribution < -0.4 is 10.1 Å². The maximum atomic E-state index is 12.4. The number of hydrogen-bond acceptors (Lipinski definition) is 7. The number of ether oxygens (including phenoxy) is 4. The smallest absolute Gasteiger partial charge is 0.462 e. The van der Waals surface area contributed by atoms with Crippen LogP contribution in [0.25, 0.3) is 0 Å². The van der Waals surface area contributed by atoms with Crippen LogP contribution >= 0.6 is 0 Å². The number of anilines is 1. The molecule has 0 atom stereocenters. The minimum atomic E-state index is -0.898. The van der Waals surface area contributed by atoms with Crippen molar-refractivity contribution < 1.29 is 33.3 Å². The highest BCUT2D eigenvalue weighted by Crippen LogP contribution is 2.25. The van der Waals surface area contributed by atoms with Gasteiger partial charge in [-0.3, -0.25) is 5.32 Å². The van der Waals surface area contributed by atoms with Gasteiger partial charge >= 0.3 is 18.2 Å². The van der Waals surface area contributed by atoms with Crippen LogP contribution in [-0.4, -0.2) is 38.0 Å². The van der Waals surface area contributed by atoms with E-state index in [1.54, 1.807) is 13.0 Å². The Labute approximate surface area is 286 Å². The molecule has 0 fully saturated rings. The van der Waals surface area contributed by atoms with Gasteiger partial charge in [-0.25, -0.2) is 14.4 Å². The lowest BCUT2D eigenvalue weighted by molar-refractivity contribution is 0.0520. The maximum Gasteiger partial charge on any atom is 0.513 e. The summed E-state index contributed by atoms with van der Waals surface area (Å²) in [6.07, 6.45) is 28.0. The predicted octanol–water partition coefficient (Wildman–Crippen LogP) is 12.3. The molecule has 0 aliphatic heterocycles. The Kier molecular flexibility index (Phi) is 27.5. The van der Waals surface area contributed by atoms with E-state index in [-0.39, 0.29) is 24.5 Å². The maximum absolute atomic E-state index is 12.4. The quantitative estimate of drug-likeness (QED) is 0.0379. The Morgan fingerprint density at radius 2 is 0.957 bits per heavy atom. The van der Waals surface area contributed by atoms with Crippen molar-refractivity contribution in [3.8, 4) is 5.75 Å². The summed E-state index contributed by atoms with van der Waals surface area (Å²) in [5.74, 6) is -0.667. The lowest BCUT2D eigenvalue weighted by Gasteiger charge is -2.12. The first kappa shape index (κ1) is 42.3. The highest BCUT2D eigenvalue weighted by molar-refractivity contribution is 5.95. The molecule has 1 rings (SSSR count). The highest BCUT2D eigenvalue weighted by Gasteiger charge is 2.19. The van der Waals surface area contributed by atoms with Crippen molar-refractivity contribution >= 4 is 23.9 Å². The summed E-state index contributed by atoms with van der Waals surface area (Å²) in [4.78, 5) is 37.2. The van der Waals surface area contributed by atoms with Gasteiger partial charge in [0.15, 0.2) is 5.75 Å². The molecule has 0 saturated heterocycles. The number of hydrogen-bond donors (Lipinski definition) is 1. The molecule has 1 aromatic rings. The Bertz CT molecular complexity index is 936. The molecule has 270 valence electrons. The molecule has 0 aromatic heterocycles. The normalized spacial score (nSPS) is 10.9. The van der Waals surface area contributed by atoms with Gasteiger partial charge in [-0.15, -0.1) is 0 Å². The number of carbonyl (C=O) groups is 3. The summed E-state index contributed by atoms with van der Waals surface area (Å²) in [5.41, 5.74) is 0.408. The monoisotopic (exact) mass is 661 g/mol. The third-order valence-electron chi connectivity index (χ3n) is 8.37. The zero-order chi connectivity index (χ0) is 34.2. The van der Waals surface area contributed by atoms with Crippen molar-refractivity contribution in [2.45, 2.75) is 175 Å². The number of benzene rings is 1. The minimum Gasteiger partial charge on any atom is -0.462 e. The van der Waals surface area contributed by atoms with E-state index in [2.05, 4.69) is 19.2 Å². The Hall–Kier alpha value is -2.77. The van der Waals surface area contributed by atoms with Gasteiger partial charge < -0.3 is 18.9 Å². The molecule has 0 aliphatic carbocycles. The standard InChI is InChI=1S/C39H67NO7/c1-4-7-9-11-13-15-17-19-21-23-25-27-31-45-38(42)40-34-29-30-35(37(41)44-6-3)36(33-34)47-39(43)46-32-28-26-24-22-20-18-16-14-12-10-8-5-2/h29-30,33H,4-28,31-32H2,1-3H3,(H,40,42). The molecule has 0 bridgehead atoms. The molecular weight excluding hydrogens is 594 g/mol. The molecule has 0 aliphatic rings. The number of esters is 1. The zero-order valence-corrected chi connectivity index (χ0v) is 30.2. The molecule has 0 radical (unpaired) electrons. The Morgan fingerprint density at radius 1 is 0.532 bits per heavy atom. The molecule has 47 heavy (non-hydrogen) atoms. The van der Waals surface area contributed by atoms with E-state index in [0.29, 0.717) is 12.3 Å². The summed E-state index contributed by atoms with van der Waals surface area (Å²) in [5, 5.41) is 2.65. The highest BCUT2D eigenvalue weighted by atomic mass is 16.7. The van der Waals surface area contributed by atoms with E-state index >= 15 is 0 Å². The first-order valence-corrected chi connectivity index (χ1v) is 19.1. The zero-order valence-electron chi connectivity index (χ0n) is 30.2. The van der Waals surface area contributed by atoms with Crippen molar-refractivity contribution in [2.24, 2.45) is 0 Å². The van der Waals surface area contributed by atoms with E-state index < -0.39 is 18.2 Å². The molecule has 8 nitrogen and oxygen atoms in total. The lowest BCUT2D eigenvalue weighted by Crippen LogP contribution is -2.17. The molecule has 0 heterocycles.